The van der Waals surface area contributed by atoms with Gasteiger partial charge in [0.2, 0.25) is 0 Å². The topological polar surface area (TPSA) is 79.6 Å². The molecule has 0 aliphatic carbocycles. The van der Waals surface area contributed by atoms with E-state index in [9.17, 15) is 10.1 Å². The van der Waals surface area contributed by atoms with Crippen molar-refractivity contribution in [2.75, 3.05) is 6.54 Å². The second kappa shape index (κ2) is 10.6. The van der Waals surface area contributed by atoms with E-state index in [1.54, 1.807) is 12.1 Å². The number of nitrogens with one attached hydrogen (secondary N) is 2. The standard InChI is InChI=1S/C17H20N4O2.HI/c1-2-18-17(19-12-14-7-4-3-5-8-14)20-13-15-9-6-10-16(11-15)21(22)23;/h3-11H,2,12-13H2,1H3,(H2,18,19,20);1H. The van der Waals surface area contributed by atoms with Crippen molar-refractivity contribution >= 4 is 35.6 Å². The number of hydrogen-bond acceptors (Lipinski definition) is 3. The number of nitro groups is 1. The number of halogens is 1. The number of benzene rings is 2. The molecule has 0 fully saturated rings. The van der Waals surface area contributed by atoms with Crippen molar-refractivity contribution in [2.45, 2.75) is 20.0 Å². The molecule has 2 aromatic carbocycles. The zero-order valence-electron chi connectivity index (χ0n) is 13.4. The number of nitrogens with zero attached hydrogens (tertiary/aromatic N) is 2. The first-order valence-electron chi connectivity index (χ1n) is 7.48. The van der Waals surface area contributed by atoms with Gasteiger partial charge in [0.15, 0.2) is 5.96 Å². The molecule has 128 valence electrons. The molecular formula is C17H21IN4O2. The molecule has 2 aromatic rings. The Hall–Kier alpha value is -2.16. The minimum absolute atomic E-state index is 0. The molecule has 0 spiro atoms. The molecule has 0 atom stereocenters. The van der Waals surface area contributed by atoms with E-state index in [-0.39, 0.29) is 29.7 Å². The molecule has 0 saturated carbocycles. The van der Waals surface area contributed by atoms with Gasteiger partial charge in [-0.3, -0.25) is 10.1 Å². The quantitative estimate of drug-likeness (QED) is 0.237. The van der Waals surface area contributed by atoms with Gasteiger partial charge in [-0.05, 0) is 18.1 Å². The highest BCUT2D eigenvalue weighted by atomic mass is 127. The molecule has 0 unspecified atom stereocenters. The second-order valence-corrected chi connectivity index (χ2v) is 4.96. The lowest BCUT2D eigenvalue weighted by Crippen LogP contribution is -2.36. The van der Waals surface area contributed by atoms with Gasteiger partial charge in [-0.1, -0.05) is 42.5 Å². The number of rotatable bonds is 6. The molecule has 2 N–H and O–H groups in total. The SMILES string of the molecule is CCNC(=NCc1cccc([N+](=O)[O-])c1)NCc1ccccc1.I. The predicted octanol–water partition coefficient (Wildman–Crippen LogP) is 3.47. The number of nitro benzene ring substituents is 1. The van der Waals surface area contributed by atoms with Gasteiger partial charge in [-0.25, -0.2) is 4.99 Å². The van der Waals surface area contributed by atoms with Crippen molar-refractivity contribution in [3.63, 3.8) is 0 Å². The van der Waals surface area contributed by atoms with E-state index < -0.39 is 4.92 Å². The van der Waals surface area contributed by atoms with Gasteiger partial charge >= 0.3 is 0 Å². The maximum absolute atomic E-state index is 10.8. The summed E-state index contributed by atoms with van der Waals surface area (Å²) in [6, 6.07) is 16.6. The van der Waals surface area contributed by atoms with E-state index in [0.29, 0.717) is 19.0 Å². The van der Waals surface area contributed by atoms with Crippen LogP contribution >= 0.6 is 24.0 Å². The molecule has 0 amide bonds. The van der Waals surface area contributed by atoms with Crippen molar-refractivity contribution in [1.82, 2.24) is 10.6 Å². The van der Waals surface area contributed by atoms with Gasteiger partial charge in [0.25, 0.3) is 5.69 Å². The first-order valence-corrected chi connectivity index (χ1v) is 7.48. The molecule has 0 aliphatic heterocycles. The van der Waals surface area contributed by atoms with Gasteiger partial charge in [0.05, 0.1) is 11.5 Å². The van der Waals surface area contributed by atoms with Gasteiger partial charge in [-0.2, -0.15) is 0 Å². The molecule has 0 radical (unpaired) electrons. The summed E-state index contributed by atoms with van der Waals surface area (Å²) in [6.45, 7) is 3.79. The summed E-state index contributed by atoms with van der Waals surface area (Å²) in [5, 5.41) is 17.2. The van der Waals surface area contributed by atoms with Crippen LogP contribution in [-0.2, 0) is 13.1 Å². The maximum Gasteiger partial charge on any atom is 0.269 e. The van der Waals surface area contributed by atoms with Crippen LogP contribution in [0.3, 0.4) is 0 Å². The van der Waals surface area contributed by atoms with Gasteiger partial charge in [-0.15, -0.1) is 24.0 Å². The van der Waals surface area contributed by atoms with Crippen molar-refractivity contribution in [2.24, 2.45) is 4.99 Å². The highest BCUT2D eigenvalue weighted by Gasteiger charge is 2.05. The Morgan fingerprint density at radius 3 is 2.46 bits per heavy atom. The molecule has 0 aliphatic rings. The van der Waals surface area contributed by atoms with Crippen LogP contribution in [0.5, 0.6) is 0 Å². The lowest BCUT2D eigenvalue weighted by molar-refractivity contribution is -0.384. The minimum atomic E-state index is -0.397. The van der Waals surface area contributed by atoms with E-state index in [1.807, 2.05) is 43.3 Å². The van der Waals surface area contributed by atoms with Gasteiger partial charge in [0.1, 0.15) is 0 Å². The first-order chi connectivity index (χ1) is 11.2. The van der Waals surface area contributed by atoms with Crippen molar-refractivity contribution < 1.29 is 4.92 Å². The zero-order valence-corrected chi connectivity index (χ0v) is 15.8. The van der Waals surface area contributed by atoms with Crippen LogP contribution in [-0.4, -0.2) is 17.4 Å². The summed E-state index contributed by atoms with van der Waals surface area (Å²) in [5.74, 6) is 0.683. The van der Waals surface area contributed by atoms with Crippen molar-refractivity contribution in [1.29, 1.82) is 0 Å². The Morgan fingerprint density at radius 2 is 1.79 bits per heavy atom. The molecule has 7 heteroatoms. The molecule has 0 heterocycles. The number of hydrogen-bond donors (Lipinski definition) is 2. The third kappa shape index (κ3) is 6.53. The maximum atomic E-state index is 10.8. The third-order valence-corrected chi connectivity index (χ3v) is 3.19. The Bertz CT molecular complexity index is 677. The Balaban J connectivity index is 0.00000288. The van der Waals surface area contributed by atoms with E-state index in [4.69, 9.17) is 0 Å². The largest absolute Gasteiger partial charge is 0.357 e. The van der Waals surface area contributed by atoms with E-state index in [2.05, 4.69) is 15.6 Å². The summed E-state index contributed by atoms with van der Waals surface area (Å²) in [7, 11) is 0. The normalized spacial score (nSPS) is 10.6. The van der Waals surface area contributed by atoms with E-state index in [1.165, 1.54) is 6.07 Å². The fraction of sp³-hybridized carbons (Fsp3) is 0.235. The number of guanidine groups is 1. The zero-order chi connectivity index (χ0) is 16.5. The molecule has 0 saturated heterocycles. The van der Waals surface area contributed by atoms with Crippen LogP contribution in [0.25, 0.3) is 0 Å². The highest BCUT2D eigenvalue weighted by molar-refractivity contribution is 14.0. The summed E-state index contributed by atoms with van der Waals surface area (Å²) < 4.78 is 0. The number of aliphatic imine (C=N–C) groups is 1. The molecule has 24 heavy (non-hydrogen) atoms. The molecule has 0 bridgehead atoms. The highest BCUT2D eigenvalue weighted by Crippen LogP contribution is 2.13. The lowest BCUT2D eigenvalue weighted by atomic mass is 10.2. The fourth-order valence-corrected chi connectivity index (χ4v) is 2.06. The summed E-state index contributed by atoms with van der Waals surface area (Å²) in [6.07, 6.45) is 0. The van der Waals surface area contributed by atoms with Crippen LogP contribution in [0.15, 0.2) is 59.6 Å². The van der Waals surface area contributed by atoms with E-state index >= 15 is 0 Å². The molecule has 0 aromatic heterocycles. The first kappa shape index (κ1) is 19.9. The van der Waals surface area contributed by atoms with Crippen molar-refractivity contribution in [3.05, 3.63) is 75.8 Å². The van der Waals surface area contributed by atoms with E-state index in [0.717, 1.165) is 17.7 Å². The molecule has 2 rings (SSSR count). The van der Waals surface area contributed by atoms with Gasteiger partial charge in [0, 0.05) is 25.2 Å². The third-order valence-electron chi connectivity index (χ3n) is 3.19. The molecular weight excluding hydrogens is 419 g/mol. The Kier molecular flexibility index (Phi) is 8.77. The van der Waals surface area contributed by atoms with Crippen LogP contribution in [0.1, 0.15) is 18.1 Å². The minimum Gasteiger partial charge on any atom is -0.357 e. The Labute approximate surface area is 158 Å². The average molecular weight is 440 g/mol. The second-order valence-electron chi connectivity index (χ2n) is 4.96. The van der Waals surface area contributed by atoms with Gasteiger partial charge < -0.3 is 10.6 Å². The summed E-state index contributed by atoms with van der Waals surface area (Å²) in [4.78, 5) is 14.9. The molecule has 6 nitrogen and oxygen atoms in total. The number of non-ortho nitro benzene ring substituents is 1. The monoisotopic (exact) mass is 440 g/mol. The van der Waals surface area contributed by atoms with Crippen molar-refractivity contribution in [3.8, 4) is 0 Å². The predicted molar refractivity (Wildman–Crippen MR) is 107 cm³/mol. The average Bonchev–Trinajstić information content (AvgIpc) is 2.58. The summed E-state index contributed by atoms with van der Waals surface area (Å²) in [5.41, 5.74) is 2.05. The van der Waals surface area contributed by atoms with Crippen LogP contribution in [0, 0.1) is 10.1 Å². The smallest absolute Gasteiger partial charge is 0.269 e. The van der Waals surface area contributed by atoms with Crippen LogP contribution in [0.4, 0.5) is 5.69 Å². The Morgan fingerprint density at radius 1 is 1.08 bits per heavy atom. The van der Waals surface area contributed by atoms with Crippen LogP contribution < -0.4 is 10.6 Å². The fourth-order valence-electron chi connectivity index (χ4n) is 2.06. The lowest BCUT2D eigenvalue weighted by Gasteiger charge is -2.11. The van der Waals surface area contributed by atoms with Crippen LogP contribution in [0.2, 0.25) is 0 Å². The summed E-state index contributed by atoms with van der Waals surface area (Å²) >= 11 is 0.